The third-order valence-corrected chi connectivity index (χ3v) is 5.07. The van der Waals surface area contributed by atoms with Gasteiger partial charge < -0.3 is 14.7 Å². The van der Waals surface area contributed by atoms with E-state index in [1.165, 1.54) is 22.3 Å². The zero-order chi connectivity index (χ0) is 18.1. The van der Waals surface area contributed by atoms with Crippen molar-refractivity contribution < 1.29 is 14.7 Å². The molecule has 8 nitrogen and oxygen atoms in total. The van der Waals surface area contributed by atoms with Crippen molar-refractivity contribution in [2.24, 2.45) is 0 Å². The van der Waals surface area contributed by atoms with Crippen LogP contribution in [0.4, 0.5) is 0 Å². The number of aromatic nitrogens is 4. The molecule has 0 spiro atoms. The van der Waals surface area contributed by atoms with Gasteiger partial charge in [0.05, 0.1) is 12.3 Å². The monoisotopic (exact) mass is 369 g/mol. The summed E-state index contributed by atoms with van der Waals surface area (Å²) in [6, 6.07) is 14.0. The Morgan fingerprint density at radius 1 is 1.08 bits per heavy atom. The Hall–Kier alpha value is -2.22. The van der Waals surface area contributed by atoms with Crippen LogP contribution in [0.5, 0.6) is 0 Å². The maximum absolute atomic E-state index is 11.0. The van der Waals surface area contributed by atoms with Gasteiger partial charge in [0, 0.05) is 0 Å². The molecule has 0 saturated carbocycles. The molecular weight excluding hydrogens is 353 g/mol. The highest BCUT2D eigenvalue weighted by atomic mass is 31.2. The molecule has 1 heterocycles. The van der Waals surface area contributed by atoms with Crippen LogP contribution >= 0.6 is 7.94 Å². The van der Waals surface area contributed by atoms with Gasteiger partial charge in [-0.2, -0.15) is 5.21 Å². The molecule has 0 radical (unpaired) electrons. The van der Waals surface area contributed by atoms with Crippen molar-refractivity contribution >= 4 is 7.94 Å². The smallest absolute Gasteiger partial charge is 0.191 e. The van der Waals surface area contributed by atoms with Crippen molar-refractivity contribution in [2.75, 3.05) is 6.29 Å². The summed E-state index contributed by atoms with van der Waals surface area (Å²) in [5.41, 5.74) is 6.00. The van der Waals surface area contributed by atoms with Gasteiger partial charge in [0.25, 0.3) is 0 Å². The van der Waals surface area contributed by atoms with E-state index in [9.17, 15) is 14.7 Å². The van der Waals surface area contributed by atoms with Gasteiger partial charge in [0.2, 0.25) is 0 Å². The van der Waals surface area contributed by atoms with Crippen LogP contribution < -0.4 is 20.0 Å². The standard InChI is InChI=1S/C17H18N5O3P/c23-26(24,25)10-18-16(17-19-21-22-20-17)8-11-5-6-15-13(7-11)9-12-3-1-2-4-14(12)15/h1-7,16,18H,8-10H2,(H2,23,24,25)(H,19,20,21,22)/p-2. The van der Waals surface area contributed by atoms with Crippen LogP contribution in [0, 0.1) is 0 Å². The second-order valence-corrected chi connectivity index (χ2v) is 7.86. The molecule has 0 aliphatic heterocycles. The normalized spacial score (nSPS) is 14.1. The Kier molecular flexibility index (Phi) is 4.52. The summed E-state index contributed by atoms with van der Waals surface area (Å²) in [6.07, 6.45) is 0.654. The number of hydrogen-bond donors (Lipinski definition) is 2. The Bertz CT molecular complexity index is 911. The second-order valence-electron chi connectivity index (χ2n) is 6.33. The number of benzene rings is 2. The minimum atomic E-state index is -4.68. The summed E-state index contributed by atoms with van der Waals surface area (Å²) < 4.78 is 0. The van der Waals surface area contributed by atoms with Crippen molar-refractivity contribution in [3.8, 4) is 11.1 Å². The van der Waals surface area contributed by atoms with Crippen LogP contribution in [0.1, 0.15) is 28.6 Å². The van der Waals surface area contributed by atoms with Crippen LogP contribution in [0.25, 0.3) is 11.1 Å². The lowest BCUT2D eigenvalue weighted by molar-refractivity contribution is -0.428. The fraction of sp³-hybridized carbons (Fsp3) is 0.235. The quantitative estimate of drug-likeness (QED) is 0.435. The first kappa shape index (κ1) is 17.2. The van der Waals surface area contributed by atoms with Crippen LogP contribution in [0.3, 0.4) is 0 Å². The Labute approximate surface area is 150 Å². The van der Waals surface area contributed by atoms with Crippen molar-refractivity contribution in [3.05, 3.63) is 65.0 Å². The molecule has 1 atom stereocenters. The fourth-order valence-corrected chi connectivity index (χ4v) is 3.80. The molecule has 0 amide bonds. The second kappa shape index (κ2) is 6.83. The lowest BCUT2D eigenvalue weighted by Crippen LogP contribution is -2.41. The summed E-state index contributed by atoms with van der Waals surface area (Å²) in [4.78, 5) is 32.9. The highest BCUT2D eigenvalue weighted by Gasteiger charge is 2.21. The molecule has 1 unspecified atom stereocenters. The number of nitrogens with one attached hydrogen (secondary N) is 2. The molecule has 2 aromatic carbocycles. The van der Waals surface area contributed by atoms with Crippen LogP contribution in [-0.4, -0.2) is 26.9 Å². The number of hydrogen-bond acceptors (Lipinski definition) is 7. The maximum atomic E-state index is 11.0. The molecule has 1 aromatic heterocycles. The first-order chi connectivity index (χ1) is 12.5. The minimum Gasteiger partial charge on any atom is -0.687 e. The molecule has 0 fully saturated rings. The van der Waals surface area contributed by atoms with E-state index in [4.69, 9.17) is 0 Å². The zero-order valence-corrected chi connectivity index (χ0v) is 14.6. The summed E-state index contributed by atoms with van der Waals surface area (Å²) in [5.74, 6) is 0.322. The molecular formula is C17H16N5O3P-2. The van der Waals surface area contributed by atoms with Gasteiger partial charge in [-0.3, -0.25) is 5.32 Å². The van der Waals surface area contributed by atoms with Crippen LogP contribution in [0.2, 0.25) is 0 Å². The fourth-order valence-electron chi connectivity index (χ4n) is 3.36. The average molecular weight is 369 g/mol. The third kappa shape index (κ3) is 3.65. The van der Waals surface area contributed by atoms with Crippen molar-refractivity contribution in [1.82, 2.24) is 25.9 Å². The van der Waals surface area contributed by atoms with E-state index in [0.29, 0.717) is 12.2 Å². The number of H-pyrrole nitrogens is 1. The van der Waals surface area contributed by atoms with Gasteiger partial charge in [0.15, 0.2) is 5.82 Å². The first-order valence-corrected chi connectivity index (χ1v) is 9.90. The van der Waals surface area contributed by atoms with E-state index in [-0.39, 0.29) is 0 Å². The van der Waals surface area contributed by atoms with Crippen LogP contribution in [0.15, 0.2) is 42.5 Å². The number of tetrazole rings is 1. The Balaban J connectivity index is 1.56. The number of rotatable bonds is 6. The molecule has 26 heavy (non-hydrogen) atoms. The molecule has 1 aliphatic carbocycles. The highest BCUT2D eigenvalue weighted by Crippen LogP contribution is 2.37. The van der Waals surface area contributed by atoms with Crippen molar-refractivity contribution in [1.29, 1.82) is 0 Å². The predicted octanol–water partition coefficient (Wildman–Crippen LogP) is -0.555. The van der Waals surface area contributed by atoms with Gasteiger partial charge in [-0.1, -0.05) is 47.7 Å². The highest BCUT2D eigenvalue weighted by molar-refractivity contribution is 7.54. The Morgan fingerprint density at radius 3 is 2.65 bits per heavy atom. The summed E-state index contributed by atoms with van der Waals surface area (Å²) >= 11 is 0. The largest absolute Gasteiger partial charge is 0.687 e. The molecule has 0 saturated heterocycles. The van der Waals surface area contributed by atoms with E-state index in [0.717, 1.165) is 12.0 Å². The minimum absolute atomic E-state index is 0.322. The van der Waals surface area contributed by atoms with E-state index in [1.54, 1.807) is 0 Å². The SMILES string of the molecule is [O-][P+]([O-])([O-])CNC(Cc1ccc2c(c1)Cc1ccccc1-2)c1nn[nH]n1. The van der Waals surface area contributed by atoms with Crippen molar-refractivity contribution in [2.45, 2.75) is 18.9 Å². The van der Waals surface area contributed by atoms with E-state index in [2.05, 4.69) is 50.2 Å². The number of fused-ring (bicyclic) bond motifs is 3. The van der Waals surface area contributed by atoms with Gasteiger partial charge in [-0.15, -0.1) is 18.1 Å². The predicted molar refractivity (Wildman–Crippen MR) is 90.2 cm³/mol. The number of aromatic amines is 1. The van der Waals surface area contributed by atoms with Crippen LogP contribution in [-0.2, 0) is 12.8 Å². The third-order valence-electron chi connectivity index (χ3n) is 4.50. The first-order valence-electron chi connectivity index (χ1n) is 8.17. The summed E-state index contributed by atoms with van der Waals surface area (Å²) in [6.45, 7) is 0. The molecule has 134 valence electrons. The van der Waals surface area contributed by atoms with Gasteiger partial charge >= 0.3 is 0 Å². The summed E-state index contributed by atoms with van der Waals surface area (Å²) in [7, 11) is -4.68. The van der Waals surface area contributed by atoms with E-state index >= 15 is 0 Å². The molecule has 0 bridgehead atoms. The van der Waals surface area contributed by atoms with Gasteiger partial charge in [-0.25, -0.2) is 0 Å². The summed E-state index contributed by atoms with van der Waals surface area (Å²) in [5, 5.41) is 16.4. The average Bonchev–Trinajstić information content (AvgIpc) is 3.25. The molecule has 4 rings (SSSR count). The topological polar surface area (TPSA) is 136 Å². The van der Waals surface area contributed by atoms with E-state index < -0.39 is 20.3 Å². The zero-order valence-electron chi connectivity index (χ0n) is 13.8. The molecule has 9 heteroatoms. The lowest BCUT2D eigenvalue weighted by Gasteiger charge is -2.42. The number of nitrogens with zero attached hydrogens (tertiary/aromatic N) is 3. The molecule has 3 aromatic rings. The molecule has 2 N–H and O–H groups in total. The maximum Gasteiger partial charge on any atom is 0.191 e. The lowest BCUT2D eigenvalue weighted by atomic mass is 9.99. The molecule has 1 aliphatic rings. The van der Waals surface area contributed by atoms with Crippen molar-refractivity contribution in [3.63, 3.8) is 0 Å². The van der Waals surface area contributed by atoms with E-state index in [1.807, 2.05) is 18.2 Å². The van der Waals surface area contributed by atoms with Gasteiger partial charge in [-0.05, 0) is 40.7 Å². The Morgan fingerprint density at radius 2 is 1.88 bits per heavy atom. The van der Waals surface area contributed by atoms with Gasteiger partial charge in [0.1, 0.15) is 0 Å².